The van der Waals surface area contributed by atoms with Gasteiger partial charge in [-0.05, 0) is 62.6 Å². The highest BCUT2D eigenvalue weighted by molar-refractivity contribution is 5.90. The third-order valence-corrected chi connectivity index (χ3v) is 6.07. The van der Waals surface area contributed by atoms with Gasteiger partial charge < -0.3 is 20.6 Å². The maximum Gasteiger partial charge on any atom is 0.319 e. The predicted molar refractivity (Wildman–Crippen MR) is 109 cm³/mol. The molecule has 0 atom stereocenters. The van der Waals surface area contributed by atoms with Crippen LogP contribution in [0.2, 0.25) is 0 Å². The maximum absolute atomic E-state index is 12.3. The largest absolute Gasteiger partial charge is 0.480 e. The summed E-state index contributed by atoms with van der Waals surface area (Å²) in [6.45, 7) is 3.13. The number of nitrogens with one attached hydrogen (secondary N) is 2. The summed E-state index contributed by atoms with van der Waals surface area (Å²) in [7, 11) is 0. The van der Waals surface area contributed by atoms with Gasteiger partial charge in [0, 0.05) is 43.1 Å². The standard InChI is InChI=1S/C21H30N4O3/c26-20(27)14-25(13-15-6-7-15)19-11-17(12-19)23-21(28)22-16-4-3-5-18(10-16)24-8-1-2-9-24/h3-5,10,15,17,19H,1-2,6-9,11-14H2,(H,26,27)(H2,22,23,28). The van der Waals surface area contributed by atoms with Crippen LogP contribution in [0.15, 0.2) is 24.3 Å². The molecule has 2 saturated carbocycles. The topological polar surface area (TPSA) is 84.9 Å². The summed E-state index contributed by atoms with van der Waals surface area (Å²) in [5.41, 5.74) is 1.96. The minimum absolute atomic E-state index is 0.101. The number of aliphatic carboxylic acids is 1. The van der Waals surface area contributed by atoms with E-state index in [0.29, 0.717) is 5.92 Å². The van der Waals surface area contributed by atoms with Crippen LogP contribution in [0, 0.1) is 5.92 Å². The Morgan fingerprint density at radius 1 is 1.18 bits per heavy atom. The van der Waals surface area contributed by atoms with Gasteiger partial charge >= 0.3 is 12.0 Å². The average Bonchev–Trinajstić information content (AvgIpc) is 3.26. The predicted octanol–water partition coefficient (Wildman–Crippen LogP) is 2.74. The Bertz CT molecular complexity index is 709. The summed E-state index contributed by atoms with van der Waals surface area (Å²) in [6, 6.07) is 8.19. The van der Waals surface area contributed by atoms with Crippen molar-refractivity contribution >= 4 is 23.4 Å². The van der Waals surface area contributed by atoms with Crippen LogP contribution in [-0.4, -0.2) is 60.3 Å². The van der Waals surface area contributed by atoms with Crippen LogP contribution in [-0.2, 0) is 4.79 Å². The van der Waals surface area contributed by atoms with E-state index in [2.05, 4.69) is 26.5 Å². The highest BCUT2D eigenvalue weighted by atomic mass is 16.4. The number of anilines is 2. The van der Waals surface area contributed by atoms with Crippen molar-refractivity contribution in [2.45, 2.75) is 50.6 Å². The molecule has 0 spiro atoms. The molecule has 3 N–H and O–H groups in total. The third kappa shape index (κ3) is 4.95. The van der Waals surface area contributed by atoms with E-state index in [4.69, 9.17) is 5.11 Å². The van der Waals surface area contributed by atoms with Gasteiger partial charge in [0.2, 0.25) is 0 Å². The number of carboxylic acids is 1. The Labute approximate surface area is 166 Å². The first-order valence-corrected chi connectivity index (χ1v) is 10.4. The van der Waals surface area contributed by atoms with Gasteiger partial charge in [-0.3, -0.25) is 9.69 Å². The monoisotopic (exact) mass is 386 g/mol. The average molecular weight is 386 g/mol. The van der Waals surface area contributed by atoms with Gasteiger partial charge in [-0.15, -0.1) is 0 Å². The van der Waals surface area contributed by atoms with Gasteiger partial charge in [0.1, 0.15) is 0 Å². The number of carboxylic acid groups (broad SMARTS) is 1. The summed E-state index contributed by atoms with van der Waals surface area (Å²) in [6.07, 6.45) is 6.51. The molecule has 2 aliphatic carbocycles. The van der Waals surface area contributed by atoms with Crippen LogP contribution in [0.4, 0.5) is 16.2 Å². The van der Waals surface area contributed by atoms with Crippen LogP contribution in [0.25, 0.3) is 0 Å². The van der Waals surface area contributed by atoms with Gasteiger partial charge in [0.05, 0.1) is 6.54 Å². The highest BCUT2D eigenvalue weighted by Gasteiger charge is 2.37. The molecular weight excluding hydrogens is 356 g/mol. The summed E-state index contributed by atoms with van der Waals surface area (Å²) >= 11 is 0. The molecule has 152 valence electrons. The van der Waals surface area contributed by atoms with Crippen molar-refractivity contribution in [3.05, 3.63) is 24.3 Å². The maximum atomic E-state index is 12.3. The van der Waals surface area contributed by atoms with Crippen LogP contribution < -0.4 is 15.5 Å². The number of carbonyl (C=O) groups excluding carboxylic acids is 1. The lowest BCUT2D eigenvalue weighted by Crippen LogP contribution is -2.55. The van der Waals surface area contributed by atoms with E-state index in [1.54, 1.807) is 0 Å². The molecule has 3 fully saturated rings. The van der Waals surface area contributed by atoms with Crippen molar-refractivity contribution < 1.29 is 14.7 Å². The second-order valence-corrected chi connectivity index (χ2v) is 8.43. The zero-order chi connectivity index (χ0) is 19.5. The number of benzene rings is 1. The lowest BCUT2D eigenvalue weighted by Gasteiger charge is -2.42. The number of urea groups is 1. The normalized spacial score (nSPS) is 24.1. The van der Waals surface area contributed by atoms with Crippen molar-refractivity contribution in [2.75, 3.05) is 36.4 Å². The molecule has 28 heavy (non-hydrogen) atoms. The zero-order valence-corrected chi connectivity index (χ0v) is 16.3. The molecule has 0 bridgehead atoms. The first-order valence-electron chi connectivity index (χ1n) is 10.4. The van der Waals surface area contributed by atoms with Gasteiger partial charge in [-0.1, -0.05) is 6.07 Å². The Balaban J connectivity index is 1.23. The fourth-order valence-electron chi connectivity index (χ4n) is 4.26. The third-order valence-electron chi connectivity index (χ3n) is 6.07. The Hall–Kier alpha value is -2.28. The molecule has 1 heterocycles. The van der Waals surface area contributed by atoms with Crippen molar-refractivity contribution in [2.24, 2.45) is 5.92 Å². The smallest absolute Gasteiger partial charge is 0.319 e. The molecule has 0 unspecified atom stereocenters. The minimum Gasteiger partial charge on any atom is -0.480 e. The number of carbonyl (C=O) groups is 2. The van der Waals surface area contributed by atoms with E-state index in [1.807, 2.05) is 18.2 Å². The van der Waals surface area contributed by atoms with Crippen LogP contribution in [0.5, 0.6) is 0 Å². The fourth-order valence-corrected chi connectivity index (χ4v) is 4.26. The summed E-state index contributed by atoms with van der Waals surface area (Å²) in [5.74, 6) is -0.106. The number of hydrogen-bond acceptors (Lipinski definition) is 4. The molecular formula is C21H30N4O3. The van der Waals surface area contributed by atoms with E-state index in [9.17, 15) is 9.59 Å². The number of hydrogen-bond donors (Lipinski definition) is 3. The SMILES string of the molecule is O=C(O)CN(CC1CC1)C1CC(NC(=O)Nc2cccc(N3CCCC3)c2)C1. The Kier molecular flexibility index (Phi) is 5.71. The zero-order valence-electron chi connectivity index (χ0n) is 16.3. The van der Waals surface area contributed by atoms with Gasteiger partial charge in [0.15, 0.2) is 0 Å². The lowest BCUT2D eigenvalue weighted by molar-refractivity contribution is -0.139. The Morgan fingerprint density at radius 2 is 1.93 bits per heavy atom. The van der Waals surface area contributed by atoms with Crippen molar-refractivity contribution in [3.8, 4) is 0 Å². The van der Waals surface area contributed by atoms with Crippen LogP contribution in [0.1, 0.15) is 38.5 Å². The van der Waals surface area contributed by atoms with Crippen LogP contribution in [0.3, 0.4) is 0 Å². The highest BCUT2D eigenvalue weighted by Crippen LogP contribution is 2.33. The first-order chi connectivity index (χ1) is 13.6. The molecule has 0 aromatic heterocycles. The molecule has 1 aromatic rings. The van der Waals surface area contributed by atoms with Gasteiger partial charge in [-0.25, -0.2) is 4.79 Å². The van der Waals surface area contributed by atoms with E-state index in [1.165, 1.54) is 25.7 Å². The molecule has 4 rings (SSSR count). The Morgan fingerprint density at radius 3 is 2.61 bits per heavy atom. The summed E-state index contributed by atoms with van der Waals surface area (Å²) < 4.78 is 0. The summed E-state index contributed by atoms with van der Waals surface area (Å²) in [4.78, 5) is 27.9. The first kappa shape index (κ1) is 19.1. The summed E-state index contributed by atoms with van der Waals surface area (Å²) in [5, 5.41) is 15.1. The van der Waals surface area contributed by atoms with E-state index in [0.717, 1.165) is 43.9 Å². The lowest BCUT2D eigenvalue weighted by atomic mass is 9.85. The number of rotatable bonds is 8. The number of amides is 2. The molecule has 7 heteroatoms. The minimum atomic E-state index is -0.771. The molecule has 1 aromatic carbocycles. The van der Waals surface area contributed by atoms with Crippen molar-refractivity contribution in [3.63, 3.8) is 0 Å². The van der Waals surface area contributed by atoms with E-state index < -0.39 is 5.97 Å². The molecule has 0 radical (unpaired) electrons. The fraction of sp³-hybridized carbons (Fsp3) is 0.619. The molecule has 3 aliphatic rings. The quantitative estimate of drug-likeness (QED) is 0.640. The van der Waals surface area contributed by atoms with Crippen molar-refractivity contribution in [1.82, 2.24) is 10.2 Å². The van der Waals surface area contributed by atoms with E-state index >= 15 is 0 Å². The van der Waals surface area contributed by atoms with Gasteiger partial charge in [0.25, 0.3) is 0 Å². The molecule has 1 saturated heterocycles. The van der Waals surface area contributed by atoms with Gasteiger partial charge in [-0.2, -0.15) is 0 Å². The van der Waals surface area contributed by atoms with E-state index in [-0.39, 0.29) is 24.7 Å². The molecule has 1 aliphatic heterocycles. The van der Waals surface area contributed by atoms with Crippen LogP contribution >= 0.6 is 0 Å². The number of nitrogens with zero attached hydrogens (tertiary/aromatic N) is 2. The second-order valence-electron chi connectivity index (χ2n) is 8.43. The van der Waals surface area contributed by atoms with Crippen molar-refractivity contribution in [1.29, 1.82) is 0 Å². The second kappa shape index (κ2) is 8.39. The molecule has 7 nitrogen and oxygen atoms in total. The molecule has 2 amide bonds.